The van der Waals surface area contributed by atoms with Crippen LogP contribution in [0.15, 0.2) is 0 Å². The Bertz CT molecular complexity index is 154. The summed E-state index contributed by atoms with van der Waals surface area (Å²) in [6.45, 7) is 6.04. The molecular weight excluding hydrogens is 182 g/mol. The van der Waals surface area contributed by atoms with Gasteiger partial charge in [0.25, 0.3) is 0 Å². The lowest BCUT2D eigenvalue weighted by Gasteiger charge is -2.30. The highest BCUT2D eigenvalue weighted by atomic mass is 32.2. The van der Waals surface area contributed by atoms with Crippen LogP contribution in [0.5, 0.6) is 0 Å². The lowest BCUT2D eigenvalue weighted by atomic mass is 9.79. The molecular formula is C10H21NOS. The molecule has 3 heteroatoms. The van der Waals surface area contributed by atoms with Gasteiger partial charge in [-0.3, -0.25) is 0 Å². The van der Waals surface area contributed by atoms with Gasteiger partial charge >= 0.3 is 0 Å². The molecule has 0 aromatic carbocycles. The summed E-state index contributed by atoms with van der Waals surface area (Å²) in [6, 6.07) is 0. The highest BCUT2D eigenvalue weighted by Crippen LogP contribution is 2.37. The Labute approximate surface area is 85.6 Å². The second-order valence-corrected chi connectivity index (χ2v) is 5.17. The monoisotopic (exact) mass is 203 g/mol. The molecule has 2 unspecified atom stereocenters. The van der Waals surface area contributed by atoms with Gasteiger partial charge in [0.15, 0.2) is 0 Å². The molecule has 1 saturated heterocycles. The number of thioether (sulfide) groups is 1. The normalized spacial score (nSPS) is 33.9. The van der Waals surface area contributed by atoms with Crippen LogP contribution in [0.25, 0.3) is 0 Å². The number of nitrogens with two attached hydrogens (primary N) is 1. The van der Waals surface area contributed by atoms with Gasteiger partial charge in [0.1, 0.15) is 0 Å². The van der Waals surface area contributed by atoms with E-state index < -0.39 is 0 Å². The fourth-order valence-electron chi connectivity index (χ4n) is 1.94. The van der Waals surface area contributed by atoms with Crippen LogP contribution in [0.2, 0.25) is 0 Å². The van der Waals surface area contributed by atoms with E-state index in [1.54, 1.807) is 0 Å². The smallest absolute Gasteiger partial charge is 0.0616 e. The Morgan fingerprint density at radius 3 is 2.85 bits per heavy atom. The molecule has 1 rings (SSSR count). The minimum absolute atomic E-state index is 0.280. The first-order chi connectivity index (χ1) is 6.25. The number of hydrogen-bond acceptors (Lipinski definition) is 3. The van der Waals surface area contributed by atoms with Crippen LogP contribution in [0.3, 0.4) is 0 Å². The zero-order valence-electron chi connectivity index (χ0n) is 8.71. The molecule has 0 bridgehead atoms. The van der Waals surface area contributed by atoms with Crippen molar-refractivity contribution < 1.29 is 4.74 Å². The summed E-state index contributed by atoms with van der Waals surface area (Å²) in [4.78, 5) is 0. The molecule has 1 aliphatic rings. The molecule has 13 heavy (non-hydrogen) atoms. The average Bonchev–Trinajstić information content (AvgIpc) is 2.49. The number of ether oxygens (including phenoxy) is 1. The summed E-state index contributed by atoms with van der Waals surface area (Å²) in [5, 5.41) is 0. The molecule has 2 nitrogen and oxygen atoms in total. The standard InChI is InChI=1S/C10H21NOS/c1-3-13-7-5-10(8-11)4-6-12-9(10)2/h9H,3-8,11H2,1-2H3. The lowest BCUT2D eigenvalue weighted by Crippen LogP contribution is -2.37. The quantitative estimate of drug-likeness (QED) is 0.693. The third-order valence-electron chi connectivity index (χ3n) is 3.19. The number of rotatable bonds is 5. The largest absolute Gasteiger partial charge is 0.378 e. The molecule has 2 atom stereocenters. The first kappa shape index (κ1) is 11.3. The van der Waals surface area contributed by atoms with Crippen LogP contribution in [0, 0.1) is 5.41 Å². The number of hydrogen-bond donors (Lipinski definition) is 1. The summed E-state index contributed by atoms with van der Waals surface area (Å²) in [5.41, 5.74) is 6.13. The van der Waals surface area contributed by atoms with Crippen molar-refractivity contribution in [3.8, 4) is 0 Å². The van der Waals surface area contributed by atoms with E-state index in [2.05, 4.69) is 13.8 Å². The van der Waals surface area contributed by atoms with Crippen molar-refractivity contribution in [2.24, 2.45) is 11.1 Å². The van der Waals surface area contributed by atoms with Crippen LogP contribution < -0.4 is 5.73 Å². The van der Waals surface area contributed by atoms with Gasteiger partial charge in [0.2, 0.25) is 0 Å². The van der Waals surface area contributed by atoms with E-state index in [1.165, 1.54) is 17.9 Å². The van der Waals surface area contributed by atoms with Crippen LogP contribution in [-0.2, 0) is 4.74 Å². The first-order valence-electron chi connectivity index (χ1n) is 5.14. The van der Waals surface area contributed by atoms with Gasteiger partial charge in [-0.25, -0.2) is 0 Å². The van der Waals surface area contributed by atoms with Gasteiger partial charge in [-0.2, -0.15) is 11.8 Å². The van der Waals surface area contributed by atoms with E-state index in [0.717, 1.165) is 19.6 Å². The van der Waals surface area contributed by atoms with Crippen LogP contribution >= 0.6 is 11.8 Å². The second kappa shape index (κ2) is 5.23. The van der Waals surface area contributed by atoms with Crippen molar-refractivity contribution in [1.29, 1.82) is 0 Å². The minimum Gasteiger partial charge on any atom is -0.378 e. The molecule has 0 amide bonds. The predicted octanol–water partition coefficient (Wildman–Crippen LogP) is 1.88. The van der Waals surface area contributed by atoms with Gasteiger partial charge < -0.3 is 10.5 Å². The topological polar surface area (TPSA) is 35.2 Å². The van der Waals surface area contributed by atoms with Gasteiger partial charge in [-0.15, -0.1) is 0 Å². The zero-order chi connectivity index (χ0) is 9.73. The summed E-state index contributed by atoms with van der Waals surface area (Å²) in [6.07, 6.45) is 2.72. The van der Waals surface area contributed by atoms with E-state index in [-0.39, 0.29) is 5.41 Å². The molecule has 1 heterocycles. The van der Waals surface area contributed by atoms with Gasteiger partial charge in [0.05, 0.1) is 6.10 Å². The van der Waals surface area contributed by atoms with Crippen molar-refractivity contribution in [2.75, 3.05) is 24.7 Å². The molecule has 78 valence electrons. The maximum Gasteiger partial charge on any atom is 0.0616 e. The Hall–Kier alpha value is 0.270. The Morgan fingerprint density at radius 1 is 1.62 bits per heavy atom. The van der Waals surface area contributed by atoms with E-state index in [1.807, 2.05) is 11.8 Å². The average molecular weight is 203 g/mol. The maximum atomic E-state index is 5.85. The molecule has 0 aromatic rings. The maximum absolute atomic E-state index is 5.85. The Morgan fingerprint density at radius 2 is 2.38 bits per heavy atom. The van der Waals surface area contributed by atoms with Crippen LogP contribution in [0.4, 0.5) is 0 Å². The zero-order valence-corrected chi connectivity index (χ0v) is 9.53. The lowest BCUT2D eigenvalue weighted by molar-refractivity contribution is 0.0660. The van der Waals surface area contributed by atoms with E-state index in [0.29, 0.717) is 6.10 Å². The first-order valence-corrected chi connectivity index (χ1v) is 6.30. The third-order valence-corrected chi connectivity index (χ3v) is 4.09. The highest BCUT2D eigenvalue weighted by Gasteiger charge is 2.39. The second-order valence-electron chi connectivity index (χ2n) is 3.78. The third kappa shape index (κ3) is 2.61. The molecule has 1 fully saturated rings. The van der Waals surface area contributed by atoms with Crippen molar-refractivity contribution in [3.05, 3.63) is 0 Å². The van der Waals surface area contributed by atoms with E-state index in [9.17, 15) is 0 Å². The molecule has 0 radical (unpaired) electrons. The SMILES string of the molecule is CCSCCC1(CN)CCOC1C. The Kier molecular flexibility index (Phi) is 4.56. The molecule has 2 N–H and O–H groups in total. The van der Waals surface area contributed by atoms with Crippen LogP contribution in [0.1, 0.15) is 26.7 Å². The molecule has 0 aromatic heterocycles. The Balaban J connectivity index is 2.39. The summed E-state index contributed by atoms with van der Waals surface area (Å²) < 4.78 is 5.60. The van der Waals surface area contributed by atoms with Crippen molar-refractivity contribution in [3.63, 3.8) is 0 Å². The van der Waals surface area contributed by atoms with Crippen molar-refractivity contribution >= 4 is 11.8 Å². The van der Waals surface area contributed by atoms with Gasteiger partial charge in [-0.1, -0.05) is 6.92 Å². The summed E-state index contributed by atoms with van der Waals surface area (Å²) >= 11 is 2.00. The molecule has 0 spiro atoms. The summed E-state index contributed by atoms with van der Waals surface area (Å²) in [5.74, 6) is 2.43. The van der Waals surface area contributed by atoms with Gasteiger partial charge in [0, 0.05) is 18.6 Å². The van der Waals surface area contributed by atoms with Crippen LogP contribution in [-0.4, -0.2) is 30.8 Å². The molecule has 0 saturated carbocycles. The highest BCUT2D eigenvalue weighted by molar-refractivity contribution is 7.99. The predicted molar refractivity (Wildman–Crippen MR) is 59.1 cm³/mol. The summed E-state index contributed by atoms with van der Waals surface area (Å²) in [7, 11) is 0. The van der Waals surface area contributed by atoms with Crippen molar-refractivity contribution in [2.45, 2.75) is 32.8 Å². The van der Waals surface area contributed by atoms with Gasteiger partial charge in [-0.05, 0) is 31.3 Å². The minimum atomic E-state index is 0.280. The fourth-order valence-corrected chi connectivity index (χ4v) is 2.78. The van der Waals surface area contributed by atoms with E-state index in [4.69, 9.17) is 10.5 Å². The fraction of sp³-hybridized carbons (Fsp3) is 1.00. The molecule has 0 aliphatic carbocycles. The van der Waals surface area contributed by atoms with Crippen molar-refractivity contribution in [1.82, 2.24) is 0 Å². The molecule has 1 aliphatic heterocycles. The van der Waals surface area contributed by atoms with E-state index >= 15 is 0 Å².